The zero-order valence-electron chi connectivity index (χ0n) is 19.3. The number of pyridine rings is 1. The average molecular weight is 470 g/mol. The first kappa shape index (κ1) is 24.8. The van der Waals surface area contributed by atoms with Crippen molar-refractivity contribution in [1.29, 1.82) is 0 Å². The van der Waals surface area contributed by atoms with Crippen LogP contribution in [0, 0.1) is 5.92 Å². The third kappa shape index (κ3) is 5.57. The number of piperidine rings is 1. The Bertz CT molecular complexity index is 1080. The maximum atomic E-state index is 13.1. The molecule has 0 saturated carbocycles. The van der Waals surface area contributed by atoms with Gasteiger partial charge in [-0.1, -0.05) is 30.3 Å². The molecular formula is C26H32ClN3O3. The highest BCUT2D eigenvalue weighted by Gasteiger charge is 2.24. The standard InChI is InChI=1S/C26H31N3O3.ClH/c1-31-24-14-21-20(17-28-23(16-27)22(21)15-25(24)32-2)13-26(30)29-10-8-19(9-11-29)12-18-6-4-3-5-7-18;/h3-7,14-15,17,19H,8-13,16,27H2,1-2H3;1H. The molecule has 1 fully saturated rings. The molecule has 7 heteroatoms. The quantitative estimate of drug-likeness (QED) is 0.562. The number of nitrogens with two attached hydrogens (primary N) is 1. The normalized spacial score (nSPS) is 14.1. The second-order valence-corrected chi connectivity index (χ2v) is 8.38. The molecule has 2 aromatic carbocycles. The lowest BCUT2D eigenvalue weighted by Gasteiger charge is -2.32. The Morgan fingerprint density at radius 3 is 2.30 bits per heavy atom. The molecule has 0 atom stereocenters. The van der Waals surface area contributed by atoms with Crippen LogP contribution in [0.25, 0.3) is 10.8 Å². The minimum atomic E-state index is 0. The van der Waals surface area contributed by atoms with Crippen LogP contribution in [0.4, 0.5) is 0 Å². The van der Waals surface area contributed by atoms with Crippen molar-refractivity contribution in [2.24, 2.45) is 11.7 Å². The number of rotatable bonds is 7. The number of nitrogens with zero attached hydrogens (tertiary/aromatic N) is 2. The summed E-state index contributed by atoms with van der Waals surface area (Å²) in [7, 11) is 3.22. The number of halogens is 1. The van der Waals surface area contributed by atoms with Gasteiger partial charge in [-0.05, 0) is 53.8 Å². The Morgan fingerprint density at radius 2 is 1.70 bits per heavy atom. The van der Waals surface area contributed by atoms with Crippen LogP contribution in [0.5, 0.6) is 11.5 Å². The summed E-state index contributed by atoms with van der Waals surface area (Å²) in [6.45, 7) is 1.93. The van der Waals surface area contributed by atoms with Gasteiger partial charge in [-0.15, -0.1) is 12.4 Å². The third-order valence-electron chi connectivity index (χ3n) is 6.43. The van der Waals surface area contributed by atoms with Gasteiger partial charge in [0, 0.05) is 31.2 Å². The maximum Gasteiger partial charge on any atom is 0.227 e. The smallest absolute Gasteiger partial charge is 0.227 e. The molecule has 3 aromatic rings. The summed E-state index contributed by atoms with van der Waals surface area (Å²) in [6, 6.07) is 14.4. The van der Waals surface area contributed by atoms with Crippen LogP contribution in [0.3, 0.4) is 0 Å². The second-order valence-electron chi connectivity index (χ2n) is 8.38. The van der Waals surface area contributed by atoms with E-state index >= 15 is 0 Å². The Kier molecular flexibility index (Phi) is 8.53. The molecule has 0 bridgehead atoms. The number of benzene rings is 2. The van der Waals surface area contributed by atoms with Crippen LogP contribution in [-0.4, -0.2) is 43.1 Å². The maximum absolute atomic E-state index is 13.1. The minimum Gasteiger partial charge on any atom is -0.493 e. The lowest BCUT2D eigenvalue weighted by atomic mass is 9.90. The summed E-state index contributed by atoms with van der Waals surface area (Å²) in [5.74, 6) is 2.02. The van der Waals surface area contributed by atoms with Gasteiger partial charge in [0.15, 0.2) is 11.5 Å². The van der Waals surface area contributed by atoms with Crippen molar-refractivity contribution >= 4 is 29.1 Å². The molecule has 0 aliphatic carbocycles. The molecule has 0 unspecified atom stereocenters. The molecule has 6 nitrogen and oxygen atoms in total. The molecule has 1 aliphatic heterocycles. The van der Waals surface area contributed by atoms with E-state index in [1.165, 1.54) is 5.56 Å². The van der Waals surface area contributed by atoms with E-state index in [1.807, 2.05) is 17.0 Å². The fourth-order valence-corrected chi connectivity index (χ4v) is 4.59. The number of amides is 1. The minimum absolute atomic E-state index is 0. The summed E-state index contributed by atoms with van der Waals surface area (Å²) in [5, 5.41) is 1.84. The Morgan fingerprint density at radius 1 is 1.06 bits per heavy atom. The van der Waals surface area contributed by atoms with Gasteiger partial charge in [-0.25, -0.2) is 0 Å². The van der Waals surface area contributed by atoms with E-state index in [0.29, 0.717) is 30.4 Å². The van der Waals surface area contributed by atoms with E-state index in [1.54, 1.807) is 20.4 Å². The first-order valence-corrected chi connectivity index (χ1v) is 11.2. The highest BCUT2D eigenvalue weighted by Crippen LogP contribution is 2.35. The summed E-state index contributed by atoms with van der Waals surface area (Å²) < 4.78 is 10.9. The number of fused-ring (bicyclic) bond motifs is 1. The van der Waals surface area contributed by atoms with E-state index in [0.717, 1.165) is 54.4 Å². The fourth-order valence-electron chi connectivity index (χ4n) is 4.59. The van der Waals surface area contributed by atoms with Crippen LogP contribution in [0.2, 0.25) is 0 Å². The lowest BCUT2D eigenvalue weighted by Crippen LogP contribution is -2.39. The summed E-state index contributed by atoms with van der Waals surface area (Å²) in [4.78, 5) is 19.6. The first-order valence-electron chi connectivity index (χ1n) is 11.2. The van der Waals surface area contributed by atoms with Crippen LogP contribution in [0.1, 0.15) is 29.7 Å². The summed E-state index contributed by atoms with van der Waals surface area (Å²) in [6.07, 6.45) is 5.25. The first-order chi connectivity index (χ1) is 15.6. The van der Waals surface area contributed by atoms with Crippen molar-refractivity contribution in [1.82, 2.24) is 9.88 Å². The molecule has 1 aliphatic rings. The Hall–Kier alpha value is -2.83. The fraction of sp³-hybridized carbons (Fsp3) is 0.385. The van der Waals surface area contributed by atoms with Gasteiger partial charge in [-0.3, -0.25) is 9.78 Å². The van der Waals surface area contributed by atoms with Crippen LogP contribution < -0.4 is 15.2 Å². The molecule has 0 spiro atoms. The molecule has 176 valence electrons. The molecule has 0 radical (unpaired) electrons. The van der Waals surface area contributed by atoms with Crippen LogP contribution in [0.15, 0.2) is 48.7 Å². The molecular weight excluding hydrogens is 438 g/mol. The van der Waals surface area contributed by atoms with Crippen molar-refractivity contribution in [3.8, 4) is 11.5 Å². The summed E-state index contributed by atoms with van der Waals surface area (Å²) >= 11 is 0. The number of carbonyl (C=O) groups is 1. The molecule has 2 heterocycles. The average Bonchev–Trinajstić information content (AvgIpc) is 2.84. The van der Waals surface area contributed by atoms with Crippen molar-refractivity contribution < 1.29 is 14.3 Å². The molecule has 1 saturated heterocycles. The zero-order valence-corrected chi connectivity index (χ0v) is 20.1. The highest BCUT2D eigenvalue weighted by molar-refractivity contribution is 5.93. The van der Waals surface area contributed by atoms with Crippen molar-refractivity contribution in [3.05, 3.63) is 65.5 Å². The van der Waals surface area contributed by atoms with Gasteiger partial charge in [0.2, 0.25) is 5.91 Å². The predicted octanol–water partition coefficient (Wildman–Crippen LogP) is 4.16. The molecule has 1 aromatic heterocycles. The van der Waals surface area contributed by atoms with E-state index in [9.17, 15) is 4.79 Å². The predicted molar refractivity (Wildman–Crippen MR) is 133 cm³/mol. The van der Waals surface area contributed by atoms with Gasteiger partial charge >= 0.3 is 0 Å². The lowest BCUT2D eigenvalue weighted by molar-refractivity contribution is -0.131. The van der Waals surface area contributed by atoms with Crippen molar-refractivity contribution in [2.45, 2.75) is 32.2 Å². The van der Waals surface area contributed by atoms with Gasteiger partial charge in [0.05, 0.1) is 26.3 Å². The topological polar surface area (TPSA) is 77.7 Å². The monoisotopic (exact) mass is 469 g/mol. The SMILES string of the molecule is COc1cc2c(CC(=O)N3CCC(Cc4ccccc4)CC3)cnc(CN)c2cc1OC.Cl. The molecule has 4 rings (SSSR count). The number of hydrogen-bond acceptors (Lipinski definition) is 5. The number of likely N-dealkylation sites (tertiary alicyclic amines) is 1. The second kappa shape index (κ2) is 11.3. The van der Waals surface area contributed by atoms with Gasteiger partial charge < -0.3 is 20.1 Å². The van der Waals surface area contributed by atoms with Gasteiger partial charge in [0.1, 0.15) is 0 Å². The Balaban J connectivity index is 0.00000306. The van der Waals surface area contributed by atoms with E-state index in [-0.39, 0.29) is 18.3 Å². The third-order valence-corrected chi connectivity index (χ3v) is 6.43. The zero-order chi connectivity index (χ0) is 22.5. The number of aromatic nitrogens is 1. The van der Waals surface area contributed by atoms with Gasteiger partial charge in [-0.2, -0.15) is 0 Å². The number of hydrogen-bond donors (Lipinski definition) is 1. The molecule has 33 heavy (non-hydrogen) atoms. The van der Waals surface area contributed by atoms with E-state index in [4.69, 9.17) is 15.2 Å². The number of ether oxygens (including phenoxy) is 2. The van der Waals surface area contributed by atoms with Crippen molar-refractivity contribution in [3.63, 3.8) is 0 Å². The van der Waals surface area contributed by atoms with E-state index < -0.39 is 0 Å². The largest absolute Gasteiger partial charge is 0.493 e. The molecule has 1 amide bonds. The van der Waals surface area contributed by atoms with Gasteiger partial charge in [0.25, 0.3) is 0 Å². The number of methoxy groups -OCH3 is 2. The molecule has 2 N–H and O–H groups in total. The van der Waals surface area contributed by atoms with Crippen LogP contribution in [-0.2, 0) is 24.2 Å². The number of carbonyl (C=O) groups excluding carboxylic acids is 1. The van der Waals surface area contributed by atoms with Crippen LogP contribution >= 0.6 is 12.4 Å². The highest BCUT2D eigenvalue weighted by atomic mass is 35.5. The summed E-state index contributed by atoms with van der Waals surface area (Å²) in [5.41, 5.74) is 8.94. The van der Waals surface area contributed by atoms with Crippen molar-refractivity contribution in [2.75, 3.05) is 27.3 Å². The Labute approximate surface area is 201 Å². The van der Waals surface area contributed by atoms with E-state index in [2.05, 4.69) is 35.3 Å².